The van der Waals surface area contributed by atoms with Crippen LogP contribution in [0.25, 0.3) is 21.6 Å². The summed E-state index contributed by atoms with van der Waals surface area (Å²) in [6.07, 6.45) is 1.88. The van der Waals surface area contributed by atoms with Crippen LogP contribution in [0.1, 0.15) is 0 Å². The second-order valence-corrected chi connectivity index (χ2v) is 4.14. The van der Waals surface area contributed by atoms with Crippen molar-refractivity contribution in [2.75, 3.05) is 0 Å². The van der Waals surface area contributed by atoms with Crippen LogP contribution in [0.2, 0.25) is 0 Å². The normalized spacial score (nSPS) is 10.7. The molecule has 0 spiro atoms. The van der Waals surface area contributed by atoms with Crippen LogP contribution in [0.3, 0.4) is 0 Å². The van der Waals surface area contributed by atoms with Gasteiger partial charge in [0.25, 0.3) is 0 Å². The number of rotatable bonds is 1. The highest BCUT2D eigenvalue weighted by atomic mass is 32.1. The average Bonchev–Trinajstić information content (AvgIpc) is 2.77. The summed E-state index contributed by atoms with van der Waals surface area (Å²) in [4.78, 5) is 9.90. The lowest BCUT2D eigenvalue weighted by Crippen LogP contribution is -1.86. The van der Waals surface area contributed by atoms with Crippen LogP contribution in [-0.2, 0) is 0 Å². The molecule has 0 amide bonds. The average molecular weight is 212 g/mol. The van der Waals surface area contributed by atoms with E-state index in [1.54, 1.807) is 11.3 Å². The van der Waals surface area contributed by atoms with Gasteiger partial charge >= 0.3 is 0 Å². The molecule has 0 saturated heterocycles. The van der Waals surface area contributed by atoms with E-state index in [0.29, 0.717) is 0 Å². The molecule has 0 fully saturated rings. The van der Waals surface area contributed by atoms with Gasteiger partial charge < -0.3 is 0 Å². The van der Waals surface area contributed by atoms with E-state index in [9.17, 15) is 0 Å². The van der Waals surface area contributed by atoms with E-state index in [2.05, 4.69) is 9.97 Å². The third-order valence-electron chi connectivity index (χ3n) is 2.24. The first-order valence-corrected chi connectivity index (χ1v) is 5.57. The van der Waals surface area contributed by atoms with Crippen LogP contribution in [-0.4, -0.2) is 9.97 Å². The molecule has 0 bridgehead atoms. The molecule has 0 unspecified atom stereocenters. The monoisotopic (exact) mass is 212 g/mol. The lowest BCUT2D eigenvalue weighted by molar-refractivity contribution is 1.24. The van der Waals surface area contributed by atoms with Gasteiger partial charge in [-0.05, 0) is 11.4 Å². The summed E-state index contributed by atoms with van der Waals surface area (Å²) < 4.78 is 0. The number of thiophene rings is 1. The fraction of sp³-hybridized carbons (Fsp3) is 0. The van der Waals surface area contributed by atoms with Gasteiger partial charge in [0.1, 0.15) is 4.83 Å². The number of aromatic nitrogens is 2. The van der Waals surface area contributed by atoms with Crippen molar-refractivity contribution in [3.63, 3.8) is 0 Å². The largest absolute Gasteiger partial charge is 0.236 e. The highest BCUT2D eigenvalue weighted by Crippen LogP contribution is 2.21. The quantitative estimate of drug-likeness (QED) is 0.618. The minimum atomic E-state index is 0.797. The zero-order valence-corrected chi connectivity index (χ0v) is 8.74. The van der Waals surface area contributed by atoms with Crippen molar-refractivity contribution in [2.45, 2.75) is 0 Å². The van der Waals surface area contributed by atoms with Crippen molar-refractivity contribution >= 4 is 21.6 Å². The molecule has 15 heavy (non-hydrogen) atoms. The Balaban J connectivity index is 2.19. The third kappa shape index (κ3) is 1.51. The predicted octanol–water partition coefficient (Wildman–Crippen LogP) is 3.36. The fourth-order valence-electron chi connectivity index (χ4n) is 1.48. The molecule has 0 aliphatic rings. The highest BCUT2D eigenvalue weighted by Gasteiger charge is 2.02. The summed E-state index contributed by atoms with van der Waals surface area (Å²) in [6, 6.07) is 12.1. The first-order valence-electron chi connectivity index (χ1n) is 4.69. The number of hydrogen-bond acceptors (Lipinski definition) is 3. The van der Waals surface area contributed by atoms with Gasteiger partial charge in [0.2, 0.25) is 0 Å². The zero-order chi connectivity index (χ0) is 10.1. The topological polar surface area (TPSA) is 25.8 Å². The van der Waals surface area contributed by atoms with Crippen LogP contribution in [0.4, 0.5) is 0 Å². The highest BCUT2D eigenvalue weighted by molar-refractivity contribution is 7.16. The van der Waals surface area contributed by atoms with Crippen molar-refractivity contribution in [1.29, 1.82) is 0 Å². The lowest BCUT2D eigenvalue weighted by atomic mass is 10.2. The Bertz CT molecular complexity index is 587. The number of nitrogens with zero attached hydrogens (tertiary/aromatic N) is 2. The van der Waals surface area contributed by atoms with E-state index in [1.807, 2.05) is 48.0 Å². The van der Waals surface area contributed by atoms with Crippen molar-refractivity contribution in [3.05, 3.63) is 48.0 Å². The van der Waals surface area contributed by atoms with Crippen molar-refractivity contribution < 1.29 is 0 Å². The number of hydrogen-bond donors (Lipinski definition) is 0. The molecule has 2 nitrogen and oxygen atoms in total. The molecule has 0 N–H and O–H groups in total. The SMILES string of the molecule is c1ccc(-c2ncc3ccsc3n2)cc1. The third-order valence-corrected chi connectivity index (χ3v) is 3.06. The zero-order valence-electron chi connectivity index (χ0n) is 7.92. The van der Waals surface area contributed by atoms with Gasteiger partial charge in [-0.25, -0.2) is 9.97 Å². The van der Waals surface area contributed by atoms with Crippen LogP contribution in [0.15, 0.2) is 48.0 Å². The summed E-state index contributed by atoms with van der Waals surface area (Å²) in [5, 5.41) is 3.15. The smallest absolute Gasteiger partial charge is 0.160 e. The van der Waals surface area contributed by atoms with Crippen LogP contribution in [0.5, 0.6) is 0 Å². The Morgan fingerprint density at radius 1 is 1.00 bits per heavy atom. The van der Waals surface area contributed by atoms with E-state index in [0.717, 1.165) is 21.6 Å². The second-order valence-electron chi connectivity index (χ2n) is 3.24. The number of benzene rings is 1. The van der Waals surface area contributed by atoms with E-state index in [1.165, 1.54) is 0 Å². The Morgan fingerprint density at radius 3 is 2.73 bits per heavy atom. The molecule has 0 aliphatic carbocycles. The maximum Gasteiger partial charge on any atom is 0.160 e. The van der Waals surface area contributed by atoms with E-state index < -0.39 is 0 Å². The van der Waals surface area contributed by atoms with Gasteiger partial charge in [-0.3, -0.25) is 0 Å². The van der Waals surface area contributed by atoms with Crippen molar-refractivity contribution in [2.24, 2.45) is 0 Å². The molecule has 0 saturated carbocycles. The van der Waals surface area contributed by atoms with Gasteiger partial charge in [0, 0.05) is 17.1 Å². The van der Waals surface area contributed by atoms with Gasteiger partial charge in [-0.2, -0.15) is 0 Å². The standard InChI is InChI=1S/C12H8N2S/c1-2-4-9(5-3-1)11-13-8-10-6-7-15-12(10)14-11/h1-8H. The van der Waals surface area contributed by atoms with Crippen molar-refractivity contribution in [1.82, 2.24) is 9.97 Å². The Morgan fingerprint density at radius 2 is 1.87 bits per heavy atom. The fourth-order valence-corrected chi connectivity index (χ4v) is 2.22. The molecule has 3 rings (SSSR count). The Hall–Kier alpha value is -1.74. The van der Waals surface area contributed by atoms with Gasteiger partial charge in [0.15, 0.2) is 5.82 Å². The van der Waals surface area contributed by atoms with Crippen molar-refractivity contribution in [3.8, 4) is 11.4 Å². The summed E-state index contributed by atoms with van der Waals surface area (Å²) in [5.41, 5.74) is 1.06. The summed E-state index contributed by atoms with van der Waals surface area (Å²) in [6.45, 7) is 0. The van der Waals surface area contributed by atoms with E-state index in [-0.39, 0.29) is 0 Å². The predicted molar refractivity (Wildman–Crippen MR) is 62.9 cm³/mol. The maximum atomic E-state index is 4.51. The molecule has 3 aromatic rings. The Labute approximate surface area is 91.2 Å². The van der Waals surface area contributed by atoms with Gasteiger partial charge in [-0.15, -0.1) is 11.3 Å². The first kappa shape index (κ1) is 8.56. The molecule has 0 aliphatic heterocycles. The Kier molecular flexibility index (Phi) is 1.96. The molecular weight excluding hydrogens is 204 g/mol. The molecule has 2 heterocycles. The summed E-state index contributed by atoms with van der Waals surface area (Å²) in [7, 11) is 0. The van der Waals surface area contributed by atoms with Crippen LogP contribution in [0, 0.1) is 0 Å². The van der Waals surface area contributed by atoms with Gasteiger partial charge in [-0.1, -0.05) is 30.3 Å². The second kappa shape index (κ2) is 3.44. The lowest BCUT2D eigenvalue weighted by Gasteiger charge is -1.98. The molecule has 1 aromatic carbocycles. The number of fused-ring (bicyclic) bond motifs is 1. The summed E-state index contributed by atoms with van der Waals surface area (Å²) in [5.74, 6) is 0.797. The first-order chi connectivity index (χ1) is 7.43. The van der Waals surface area contributed by atoms with Crippen LogP contribution >= 0.6 is 11.3 Å². The minimum absolute atomic E-state index is 0.797. The minimum Gasteiger partial charge on any atom is -0.236 e. The van der Waals surface area contributed by atoms with E-state index in [4.69, 9.17) is 0 Å². The summed E-state index contributed by atoms with van der Waals surface area (Å²) >= 11 is 1.65. The van der Waals surface area contributed by atoms with Crippen LogP contribution < -0.4 is 0 Å². The molecular formula is C12H8N2S. The molecule has 3 heteroatoms. The molecule has 0 atom stereocenters. The molecule has 0 radical (unpaired) electrons. The molecule has 2 aromatic heterocycles. The van der Waals surface area contributed by atoms with Gasteiger partial charge in [0.05, 0.1) is 0 Å². The van der Waals surface area contributed by atoms with E-state index >= 15 is 0 Å². The maximum absolute atomic E-state index is 4.51. The molecule has 72 valence electrons.